The molecule has 106 valence electrons. The molecule has 0 heterocycles. The van der Waals surface area contributed by atoms with Crippen LogP contribution in [-0.2, 0) is 0 Å². The molecule has 0 aliphatic rings. The molecule has 0 aromatic heterocycles. The maximum atomic E-state index is 11.9. The monoisotopic (exact) mass is 275 g/mol. The summed E-state index contributed by atoms with van der Waals surface area (Å²) in [6, 6.07) is 5.08. The molecule has 0 saturated carbocycles. The summed E-state index contributed by atoms with van der Waals surface area (Å²) < 4.78 is 28.0. The molecule has 0 saturated heterocycles. The van der Waals surface area contributed by atoms with E-state index in [1.54, 1.807) is 0 Å². The quantitative estimate of drug-likeness (QED) is 0.716. The Labute approximate surface area is 108 Å². The minimum atomic E-state index is -2.92. The van der Waals surface area contributed by atoms with Crippen LogP contribution in [0.5, 0.6) is 5.75 Å². The summed E-state index contributed by atoms with van der Waals surface area (Å²) in [4.78, 5) is 11.8. The second-order valence-electron chi connectivity index (χ2n) is 4.23. The first-order valence-electron chi connectivity index (χ1n) is 5.49. The van der Waals surface area contributed by atoms with E-state index in [9.17, 15) is 13.6 Å². The zero-order valence-corrected chi connectivity index (χ0v) is 10.3. The first-order chi connectivity index (χ1) is 8.90. The molecule has 7 heteroatoms. The summed E-state index contributed by atoms with van der Waals surface area (Å²) in [5, 5.41) is 20.5. The highest BCUT2D eigenvalue weighted by Gasteiger charge is 2.25. The second kappa shape index (κ2) is 6.44. The van der Waals surface area contributed by atoms with Gasteiger partial charge in [0.25, 0.3) is 5.91 Å². The number of nitrogens with one attached hydrogen (secondary N) is 1. The fourth-order valence-corrected chi connectivity index (χ4v) is 1.26. The van der Waals surface area contributed by atoms with Crippen LogP contribution in [0.3, 0.4) is 0 Å². The van der Waals surface area contributed by atoms with Crippen molar-refractivity contribution in [3.63, 3.8) is 0 Å². The number of alkyl halides is 2. The Balaban J connectivity index is 2.73. The molecule has 1 amide bonds. The number of hydrogen-bond donors (Lipinski definition) is 3. The molecular weight excluding hydrogens is 260 g/mol. The lowest BCUT2D eigenvalue weighted by molar-refractivity contribution is -0.0498. The minimum Gasteiger partial charge on any atom is -0.435 e. The van der Waals surface area contributed by atoms with E-state index in [4.69, 9.17) is 10.2 Å². The lowest BCUT2D eigenvalue weighted by atomic mass is 10.0. The van der Waals surface area contributed by atoms with Crippen LogP contribution in [-0.4, -0.2) is 41.5 Å². The van der Waals surface area contributed by atoms with Crippen LogP contribution in [0.25, 0.3) is 0 Å². The molecule has 0 spiro atoms. The Morgan fingerprint density at radius 2 is 1.84 bits per heavy atom. The fraction of sp³-hybridized carbons (Fsp3) is 0.417. The van der Waals surface area contributed by atoms with Gasteiger partial charge in [-0.2, -0.15) is 8.78 Å². The lowest BCUT2D eigenvalue weighted by Crippen LogP contribution is -2.51. The molecule has 1 aromatic carbocycles. The predicted molar refractivity (Wildman–Crippen MR) is 63.1 cm³/mol. The Morgan fingerprint density at radius 1 is 1.32 bits per heavy atom. The van der Waals surface area contributed by atoms with Crippen molar-refractivity contribution in [1.82, 2.24) is 5.32 Å². The average Bonchev–Trinajstić information content (AvgIpc) is 2.38. The Morgan fingerprint density at radius 3 is 2.26 bits per heavy atom. The van der Waals surface area contributed by atoms with E-state index in [1.165, 1.54) is 31.2 Å². The molecule has 3 N–H and O–H groups in total. The number of rotatable bonds is 6. The molecule has 5 nitrogen and oxygen atoms in total. The van der Waals surface area contributed by atoms with Crippen molar-refractivity contribution in [3.8, 4) is 5.75 Å². The predicted octanol–water partition coefficient (Wildman–Crippen LogP) is 0.761. The van der Waals surface area contributed by atoms with Crippen LogP contribution in [0, 0.1) is 0 Å². The highest BCUT2D eigenvalue weighted by molar-refractivity contribution is 5.94. The van der Waals surface area contributed by atoms with Crippen molar-refractivity contribution >= 4 is 5.91 Å². The number of carbonyl (C=O) groups is 1. The smallest absolute Gasteiger partial charge is 0.387 e. The van der Waals surface area contributed by atoms with Crippen LogP contribution in [0.4, 0.5) is 8.78 Å². The zero-order valence-electron chi connectivity index (χ0n) is 10.3. The van der Waals surface area contributed by atoms with Gasteiger partial charge in [-0.25, -0.2) is 0 Å². The summed E-state index contributed by atoms with van der Waals surface area (Å²) in [6.07, 6.45) is 0. The molecule has 0 atom stereocenters. The van der Waals surface area contributed by atoms with Crippen LogP contribution < -0.4 is 10.1 Å². The number of aliphatic hydroxyl groups is 2. The van der Waals surface area contributed by atoms with Crippen molar-refractivity contribution in [2.45, 2.75) is 19.1 Å². The number of carbonyl (C=O) groups excluding carboxylic acids is 1. The normalized spacial score (nSPS) is 11.5. The maximum Gasteiger partial charge on any atom is 0.387 e. The molecule has 0 unspecified atom stereocenters. The third kappa shape index (κ3) is 4.46. The van der Waals surface area contributed by atoms with Crippen molar-refractivity contribution in [3.05, 3.63) is 29.8 Å². The molecule has 19 heavy (non-hydrogen) atoms. The summed E-state index contributed by atoms with van der Waals surface area (Å²) in [5.41, 5.74) is -0.940. The molecule has 0 bridgehead atoms. The van der Waals surface area contributed by atoms with Gasteiger partial charge in [0.15, 0.2) is 0 Å². The standard InChI is InChI=1S/C12H15F2NO4/c1-12(6-16,7-17)15-10(18)8-2-4-9(5-3-8)19-11(13)14/h2-5,11,16-17H,6-7H2,1H3,(H,15,18). The van der Waals surface area contributed by atoms with Gasteiger partial charge >= 0.3 is 6.61 Å². The van der Waals surface area contributed by atoms with Gasteiger partial charge in [0.05, 0.1) is 18.8 Å². The third-order valence-electron chi connectivity index (χ3n) is 2.45. The summed E-state index contributed by atoms with van der Waals surface area (Å²) in [6.45, 7) is -2.31. The maximum absolute atomic E-state index is 11.9. The van der Waals surface area contributed by atoms with E-state index in [-0.39, 0.29) is 11.3 Å². The molecule has 1 aromatic rings. The molecule has 0 fully saturated rings. The summed E-state index contributed by atoms with van der Waals surface area (Å²) in [7, 11) is 0. The van der Waals surface area contributed by atoms with Crippen LogP contribution >= 0.6 is 0 Å². The van der Waals surface area contributed by atoms with E-state index in [1.807, 2.05) is 0 Å². The van der Waals surface area contributed by atoms with Crippen LogP contribution in [0.1, 0.15) is 17.3 Å². The van der Waals surface area contributed by atoms with Gasteiger partial charge in [0.1, 0.15) is 5.75 Å². The van der Waals surface area contributed by atoms with E-state index >= 15 is 0 Å². The van der Waals surface area contributed by atoms with E-state index < -0.39 is 31.3 Å². The van der Waals surface area contributed by atoms with Gasteiger partial charge in [0.2, 0.25) is 0 Å². The van der Waals surface area contributed by atoms with Crippen molar-refractivity contribution < 1.29 is 28.5 Å². The fourth-order valence-electron chi connectivity index (χ4n) is 1.26. The van der Waals surface area contributed by atoms with Gasteiger partial charge < -0.3 is 20.3 Å². The molecule has 0 aliphatic carbocycles. The Hall–Kier alpha value is -1.73. The summed E-state index contributed by atoms with van der Waals surface area (Å²) >= 11 is 0. The molecule has 1 rings (SSSR count). The van der Waals surface area contributed by atoms with Crippen LogP contribution in [0.15, 0.2) is 24.3 Å². The highest BCUT2D eigenvalue weighted by Crippen LogP contribution is 2.15. The second-order valence-corrected chi connectivity index (χ2v) is 4.23. The third-order valence-corrected chi connectivity index (χ3v) is 2.45. The van der Waals surface area contributed by atoms with Gasteiger partial charge in [-0.15, -0.1) is 0 Å². The SMILES string of the molecule is CC(CO)(CO)NC(=O)c1ccc(OC(F)F)cc1. The van der Waals surface area contributed by atoms with E-state index in [0.29, 0.717) is 0 Å². The lowest BCUT2D eigenvalue weighted by Gasteiger charge is -2.26. The van der Waals surface area contributed by atoms with Crippen molar-refractivity contribution in [1.29, 1.82) is 0 Å². The van der Waals surface area contributed by atoms with Gasteiger partial charge in [-0.05, 0) is 31.2 Å². The molecule has 0 aliphatic heterocycles. The van der Waals surface area contributed by atoms with E-state index in [0.717, 1.165) is 0 Å². The molecule has 0 radical (unpaired) electrons. The van der Waals surface area contributed by atoms with Crippen molar-refractivity contribution in [2.75, 3.05) is 13.2 Å². The van der Waals surface area contributed by atoms with Gasteiger partial charge in [-0.1, -0.05) is 0 Å². The highest BCUT2D eigenvalue weighted by atomic mass is 19.3. The Bertz CT molecular complexity index is 418. The number of ether oxygens (including phenoxy) is 1. The first-order valence-corrected chi connectivity index (χ1v) is 5.49. The minimum absolute atomic E-state index is 0.0568. The number of aliphatic hydroxyl groups excluding tert-OH is 2. The number of hydrogen-bond acceptors (Lipinski definition) is 4. The average molecular weight is 275 g/mol. The van der Waals surface area contributed by atoms with Gasteiger partial charge in [-0.3, -0.25) is 4.79 Å². The zero-order chi connectivity index (χ0) is 14.5. The van der Waals surface area contributed by atoms with Gasteiger partial charge in [0, 0.05) is 5.56 Å². The topological polar surface area (TPSA) is 78.8 Å². The Kier molecular flexibility index (Phi) is 5.20. The number of benzene rings is 1. The number of amides is 1. The first kappa shape index (κ1) is 15.3. The largest absolute Gasteiger partial charge is 0.435 e. The van der Waals surface area contributed by atoms with Crippen LogP contribution in [0.2, 0.25) is 0 Å². The van der Waals surface area contributed by atoms with E-state index in [2.05, 4.69) is 10.1 Å². The number of halogens is 2. The molecular formula is C12H15F2NO4. The van der Waals surface area contributed by atoms with Crippen molar-refractivity contribution in [2.24, 2.45) is 0 Å². The summed E-state index contributed by atoms with van der Waals surface area (Å²) in [5.74, 6) is -0.590.